The van der Waals surface area contributed by atoms with E-state index < -0.39 is 6.41 Å². The maximum absolute atomic E-state index is 12.9. The number of carbonyl (C=O) groups is 1. The summed E-state index contributed by atoms with van der Waals surface area (Å²) in [4.78, 5) is 16.6. The molecule has 2 atom stereocenters. The van der Waals surface area contributed by atoms with E-state index >= 15 is 0 Å². The molecule has 29 heavy (non-hydrogen) atoms. The molecule has 0 spiro atoms. The molecule has 1 N–H and O–H groups in total. The first-order valence-corrected chi connectivity index (χ1v) is 11.5. The molecule has 6 heteroatoms. The normalized spacial score (nSPS) is 22.7. The van der Waals surface area contributed by atoms with E-state index in [2.05, 4.69) is 48.5 Å². The summed E-state index contributed by atoms with van der Waals surface area (Å²) in [5, 5.41) is 10.8. The van der Waals surface area contributed by atoms with Crippen molar-refractivity contribution in [1.29, 1.82) is 0 Å². The van der Waals surface area contributed by atoms with Gasteiger partial charge in [0.2, 0.25) is 12.3 Å². The predicted molar refractivity (Wildman–Crippen MR) is 114 cm³/mol. The van der Waals surface area contributed by atoms with Gasteiger partial charge in [-0.25, -0.2) is 4.90 Å². The van der Waals surface area contributed by atoms with E-state index in [-0.39, 0.29) is 17.9 Å². The van der Waals surface area contributed by atoms with Gasteiger partial charge in [0.15, 0.2) is 0 Å². The lowest BCUT2D eigenvalue weighted by Gasteiger charge is -2.31. The number of aliphatic hydroxyl groups is 1. The highest BCUT2D eigenvalue weighted by molar-refractivity contribution is 7.99. The monoisotopic (exact) mass is 410 g/mol. The first-order valence-electron chi connectivity index (χ1n) is 10.3. The van der Waals surface area contributed by atoms with Crippen LogP contribution in [0.5, 0.6) is 0 Å². The van der Waals surface area contributed by atoms with Crippen LogP contribution in [0.2, 0.25) is 0 Å². The molecule has 1 amide bonds. The second-order valence-corrected chi connectivity index (χ2v) is 9.00. The fourth-order valence-corrected chi connectivity index (χ4v) is 5.79. The average Bonchev–Trinajstić information content (AvgIpc) is 3.51. The van der Waals surface area contributed by atoms with E-state index in [0.717, 1.165) is 31.0 Å². The minimum atomic E-state index is -1.05. The number of ether oxygens (including phenoxy) is 1. The molecule has 3 aliphatic rings. The molecule has 2 aromatic carbocycles. The molecule has 2 fully saturated rings. The number of fused-ring (bicyclic) bond motifs is 3. The minimum absolute atomic E-state index is 0.101. The topological polar surface area (TPSA) is 53.0 Å². The van der Waals surface area contributed by atoms with E-state index in [1.165, 1.54) is 22.3 Å². The van der Waals surface area contributed by atoms with Gasteiger partial charge < -0.3 is 14.7 Å². The minimum Gasteiger partial charge on any atom is -0.356 e. The van der Waals surface area contributed by atoms with E-state index in [9.17, 15) is 9.90 Å². The largest absolute Gasteiger partial charge is 0.356 e. The van der Waals surface area contributed by atoms with Gasteiger partial charge in [-0.1, -0.05) is 48.5 Å². The van der Waals surface area contributed by atoms with Gasteiger partial charge in [-0.2, -0.15) is 0 Å². The van der Waals surface area contributed by atoms with Crippen molar-refractivity contribution in [2.75, 3.05) is 31.3 Å². The maximum atomic E-state index is 12.9. The van der Waals surface area contributed by atoms with Crippen LogP contribution >= 0.6 is 11.8 Å². The fraction of sp³-hybridized carbons (Fsp3) is 0.435. The Morgan fingerprint density at radius 2 is 1.79 bits per heavy atom. The standard InChI is InChI=1S/C23H26N2O3S/c26-22(24-12-13-29-15-24)21-10-5-11-25(21)23(27)28-14-20-18-8-3-1-6-16(18)17-7-2-4-9-19(17)20/h1-4,6-9,20-21,23,27H,5,10-15H2. The predicted octanol–water partition coefficient (Wildman–Crippen LogP) is 3.09. The van der Waals surface area contributed by atoms with Gasteiger partial charge in [0.1, 0.15) is 0 Å². The Balaban J connectivity index is 1.29. The van der Waals surface area contributed by atoms with Crippen LogP contribution in [0.25, 0.3) is 11.1 Å². The third-order valence-electron chi connectivity index (χ3n) is 6.30. The Bertz CT molecular complexity index is 854. The number of nitrogens with zero attached hydrogens (tertiary/aromatic N) is 2. The van der Waals surface area contributed by atoms with Crippen LogP contribution in [0, 0.1) is 0 Å². The molecule has 2 saturated heterocycles. The van der Waals surface area contributed by atoms with Crippen molar-refractivity contribution in [3.8, 4) is 11.1 Å². The summed E-state index contributed by atoms with van der Waals surface area (Å²) < 4.78 is 5.97. The first kappa shape index (κ1) is 19.1. The summed E-state index contributed by atoms with van der Waals surface area (Å²) in [5.41, 5.74) is 4.96. The van der Waals surface area contributed by atoms with Crippen molar-refractivity contribution in [2.45, 2.75) is 31.2 Å². The Morgan fingerprint density at radius 3 is 2.45 bits per heavy atom. The smallest absolute Gasteiger partial charge is 0.240 e. The third-order valence-corrected chi connectivity index (χ3v) is 7.27. The van der Waals surface area contributed by atoms with Crippen molar-refractivity contribution in [2.24, 2.45) is 0 Å². The van der Waals surface area contributed by atoms with Crippen LogP contribution in [0.3, 0.4) is 0 Å². The summed E-state index contributed by atoms with van der Waals surface area (Å²) in [6, 6.07) is 16.5. The van der Waals surface area contributed by atoms with Gasteiger partial charge >= 0.3 is 0 Å². The molecule has 5 nitrogen and oxygen atoms in total. The molecule has 5 rings (SSSR count). The Kier molecular flexibility index (Phi) is 5.35. The molecule has 0 bridgehead atoms. The summed E-state index contributed by atoms with van der Waals surface area (Å²) in [6.45, 7) is 1.89. The van der Waals surface area contributed by atoms with Crippen LogP contribution in [-0.4, -0.2) is 64.6 Å². The zero-order valence-electron chi connectivity index (χ0n) is 16.4. The third kappa shape index (κ3) is 3.48. The number of carbonyl (C=O) groups excluding carboxylic acids is 1. The fourth-order valence-electron chi connectivity index (χ4n) is 4.83. The van der Waals surface area contributed by atoms with Crippen molar-refractivity contribution in [1.82, 2.24) is 9.80 Å². The van der Waals surface area contributed by atoms with Crippen LogP contribution in [0.15, 0.2) is 48.5 Å². The van der Waals surface area contributed by atoms with Crippen LogP contribution in [-0.2, 0) is 9.53 Å². The van der Waals surface area contributed by atoms with E-state index in [1.807, 2.05) is 9.80 Å². The highest BCUT2D eigenvalue weighted by Crippen LogP contribution is 2.44. The quantitative estimate of drug-likeness (QED) is 0.768. The number of aliphatic hydroxyl groups excluding tert-OH is 1. The number of benzene rings is 2. The number of hydrogen-bond donors (Lipinski definition) is 1. The van der Waals surface area contributed by atoms with Crippen LogP contribution in [0.4, 0.5) is 0 Å². The van der Waals surface area contributed by atoms with Crippen LogP contribution < -0.4 is 0 Å². The van der Waals surface area contributed by atoms with Gasteiger partial charge in [-0.15, -0.1) is 11.8 Å². The summed E-state index contributed by atoms with van der Waals surface area (Å²) in [7, 11) is 0. The lowest BCUT2D eigenvalue weighted by Crippen LogP contribution is -2.49. The van der Waals surface area contributed by atoms with Gasteiger partial charge in [0.25, 0.3) is 0 Å². The molecule has 2 heterocycles. The molecular weight excluding hydrogens is 384 g/mol. The SMILES string of the molecule is O=C(C1CCCN1C(O)OCC1c2ccccc2-c2ccccc21)N1CCSC1. The van der Waals surface area contributed by atoms with E-state index in [1.54, 1.807) is 11.8 Å². The van der Waals surface area contributed by atoms with E-state index in [0.29, 0.717) is 13.2 Å². The Hall–Kier alpha value is -1.86. The van der Waals surface area contributed by atoms with E-state index in [4.69, 9.17) is 4.74 Å². The molecule has 152 valence electrons. The van der Waals surface area contributed by atoms with Gasteiger partial charge in [-0.05, 0) is 35.1 Å². The maximum Gasteiger partial charge on any atom is 0.240 e. The van der Waals surface area contributed by atoms with Gasteiger partial charge in [0.05, 0.1) is 18.5 Å². The molecule has 2 aliphatic heterocycles. The molecular formula is C23H26N2O3S. The van der Waals surface area contributed by atoms with Crippen molar-refractivity contribution in [3.05, 3.63) is 59.7 Å². The van der Waals surface area contributed by atoms with Crippen molar-refractivity contribution in [3.63, 3.8) is 0 Å². The second-order valence-electron chi connectivity index (χ2n) is 7.92. The van der Waals surface area contributed by atoms with Crippen molar-refractivity contribution >= 4 is 17.7 Å². The average molecular weight is 411 g/mol. The number of thioether (sulfide) groups is 1. The molecule has 1 aliphatic carbocycles. The Labute approximate surface area is 175 Å². The van der Waals surface area contributed by atoms with Gasteiger partial charge in [-0.3, -0.25) is 4.79 Å². The second kappa shape index (κ2) is 8.11. The lowest BCUT2D eigenvalue weighted by molar-refractivity contribution is -0.201. The van der Waals surface area contributed by atoms with Crippen molar-refractivity contribution < 1.29 is 14.6 Å². The number of likely N-dealkylation sites (tertiary alicyclic amines) is 1. The number of hydrogen-bond acceptors (Lipinski definition) is 5. The highest BCUT2D eigenvalue weighted by atomic mass is 32.2. The van der Waals surface area contributed by atoms with Gasteiger partial charge in [0, 0.05) is 24.8 Å². The molecule has 2 aromatic rings. The number of rotatable bonds is 5. The molecule has 0 aromatic heterocycles. The summed E-state index contributed by atoms with van der Waals surface area (Å²) in [5.74, 6) is 1.99. The van der Waals surface area contributed by atoms with Crippen LogP contribution in [0.1, 0.15) is 29.9 Å². The highest BCUT2D eigenvalue weighted by Gasteiger charge is 2.39. The summed E-state index contributed by atoms with van der Waals surface area (Å²) in [6.07, 6.45) is 0.643. The summed E-state index contributed by atoms with van der Waals surface area (Å²) >= 11 is 1.79. The number of amides is 1. The lowest BCUT2D eigenvalue weighted by atomic mass is 9.98. The Morgan fingerprint density at radius 1 is 1.10 bits per heavy atom. The zero-order valence-corrected chi connectivity index (χ0v) is 17.2. The molecule has 2 unspecified atom stereocenters. The molecule has 0 saturated carbocycles. The molecule has 0 radical (unpaired) electrons. The zero-order chi connectivity index (χ0) is 19.8. The first-order chi connectivity index (χ1) is 14.2.